The summed E-state index contributed by atoms with van der Waals surface area (Å²) in [6, 6.07) is 13.8. The molecule has 0 spiro atoms. The molecule has 4 aromatic rings. The van der Waals surface area contributed by atoms with Crippen molar-refractivity contribution in [1.29, 1.82) is 0 Å². The smallest absolute Gasteiger partial charge is 0.440 e. The predicted molar refractivity (Wildman–Crippen MR) is 118 cm³/mol. The summed E-state index contributed by atoms with van der Waals surface area (Å²) in [6.07, 6.45) is 2.79. The number of nitrogens with one attached hydrogen (secondary N) is 2. The Morgan fingerprint density at radius 2 is 1.18 bits per heavy atom. The fourth-order valence-corrected chi connectivity index (χ4v) is 3.04. The van der Waals surface area contributed by atoms with Crippen molar-refractivity contribution in [3.63, 3.8) is 0 Å². The molecule has 12 nitrogen and oxygen atoms in total. The minimum atomic E-state index is -0.811. The van der Waals surface area contributed by atoms with Crippen LogP contribution >= 0.6 is 0 Å². The minimum Gasteiger partial charge on any atom is -0.451 e. The quantitative estimate of drug-likeness (QED) is 0.273. The third-order valence-electron chi connectivity index (χ3n) is 4.61. The molecule has 2 aromatic carbocycles. The van der Waals surface area contributed by atoms with Crippen molar-refractivity contribution in [2.45, 2.75) is 26.3 Å². The highest BCUT2D eigenvalue weighted by molar-refractivity contribution is 5.29. The van der Waals surface area contributed by atoms with Gasteiger partial charge in [0.2, 0.25) is 0 Å². The number of allylic oxidation sites excluding steroid dienone is 1. The predicted octanol–water partition coefficient (Wildman–Crippen LogP) is 1.03. The summed E-state index contributed by atoms with van der Waals surface area (Å²) in [5, 5.41) is 0. The van der Waals surface area contributed by atoms with Gasteiger partial charge in [0.05, 0.1) is 13.1 Å². The van der Waals surface area contributed by atoms with Crippen LogP contribution in [0.1, 0.15) is 18.1 Å². The van der Waals surface area contributed by atoms with Gasteiger partial charge in [-0.1, -0.05) is 30.3 Å². The van der Waals surface area contributed by atoms with E-state index < -0.39 is 29.2 Å². The van der Waals surface area contributed by atoms with Crippen LogP contribution in [-0.2, 0) is 13.1 Å². The number of aromatic nitrogens is 4. The number of hydrogen-bond donors (Lipinski definition) is 2. The molecular formula is C22H20N4O8. The van der Waals surface area contributed by atoms with Gasteiger partial charge in [0.25, 0.3) is 6.29 Å². The Hall–Kier alpha value is -4.74. The second-order valence-electron chi connectivity index (χ2n) is 7.11. The Kier molecular flexibility index (Phi) is 6.48. The van der Waals surface area contributed by atoms with E-state index in [2.05, 4.69) is 0 Å². The molecule has 0 saturated carbocycles. The molecule has 0 unspecified atom stereocenters. The van der Waals surface area contributed by atoms with Gasteiger partial charge in [-0.05, 0) is 48.4 Å². The highest BCUT2D eigenvalue weighted by Crippen LogP contribution is 2.19. The monoisotopic (exact) mass is 468 g/mol. The van der Waals surface area contributed by atoms with Gasteiger partial charge in [0, 0.05) is 0 Å². The first-order valence-corrected chi connectivity index (χ1v) is 10.1. The third-order valence-corrected chi connectivity index (χ3v) is 4.61. The number of H-pyrrole nitrogens is 2. The molecule has 0 aliphatic rings. The van der Waals surface area contributed by atoms with Crippen LogP contribution in [0, 0.1) is 0 Å². The Balaban J connectivity index is 1.39. The molecule has 0 aliphatic carbocycles. The van der Waals surface area contributed by atoms with E-state index in [0.717, 1.165) is 20.6 Å². The summed E-state index contributed by atoms with van der Waals surface area (Å²) in [6.45, 7) is 2.02. The van der Waals surface area contributed by atoms with Crippen molar-refractivity contribution in [3.05, 3.63) is 114 Å². The van der Waals surface area contributed by atoms with Crippen LogP contribution < -0.4 is 32.4 Å². The second-order valence-corrected chi connectivity index (χ2v) is 7.11. The molecule has 2 N–H and O–H groups in total. The fraction of sp³-hybridized carbons (Fsp3) is 0.182. The zero-order valence-electron chi connectivity index (χ0n) is 17.9. The first kappa shape index (κ1) is 22.5. The van der Waals surface area contributed by atoms with Crippen molar-refractivity contribution < 1.29 is 18.5 Å². The maximum absolute atomic E-state index is 11.6. The van der Waals surface area contributed by atoms with Gasteiger partial charge in [-0.15, -0.1) is 9.48 Å². The first-order chi connectivity index (χ1) is 16.4. The van der Waals surface area contributed by atoms with Crippen LogP contribution in [0.5, 0.6) is 11.5 Å². The SMILES string of the molecule is CC=CC(Oc1ccc(Cn2oc(=O)[nH]c2=O)cc1)Oc1ccc(Cn2oc(=O)[nH]c2=O)cc1. The Morgan fingerprint density at radius 1 is 0.765 bits per heavy atom. The van der Waals surface area contributed by atoms with E-state index in [0.29, 0.717) is 11.5 Å². The lowest BCUT2D eigenvalue weighted by molar-refractivity contribution is 0.0471. The molecule has 2 aromatic heterocycles. The van der Waals surface area contributed by atoms with Gasteiger partial charge in [-0.2, -0.15) is 0 Å². The molecule has 176 valence electrons. The van der Waals surface area contributed by atoms with Gasteiger partial charge in [-0.3, -0.25) is 0 Å². The van der Waals surface area contributed by atoms with Gasteiger partial charge in [0.1, 0.15) is 11.5 Å². The lowest BCUT2D eigenvalue weighted by Crippen LogP contribution is -2.21. The lowest BCUT2D eigenvalue weighted by atomic mass is 10.2. The van der Waals surface area contributed by atoms with Crippen LogP contribution in [0.3, 0.4) is 0 Å². The summed E-state index contributed by atoms with van der Waals surface area (Å²) in [5.74, 6) is -0.579. The Morgan fingerprint density at radius 3 is 1.50 bits per heavy atom. The second kappa shape index (κ2) is 9.81. The summed E-state index contributed by atoms with van der Waals surface area (Å²) >= 11 is 0. The summed E-state index contributed by atoms with van der Waals surface area (Å²) in [5.41, 5.74) is 0.215. The van der Waals surface area contributed by atoms with Gasteiger partial charge >= 0.3 is 22.9 Å². The van der Waals surface area contributed by atoms with Crippen molar-refractivity contribution >= 4 is 0 Å². The maximum atomic E-state index is 11.6. The van der Waals surface area contributed by atoms with E-state index in [1.165, 1.54) is 0 Å². The molecule has 0 radical (unpaired) electrons. The molecule has 2 heterocycles. The molecule has 4 rings (SSSR count). The molecule has 0 saturated heterocycles. The van der Waals surface area contributed by atoms with E-state index in [9.17, 15) is 19.2 Å². The van der Waals surface area contributed by atoms with Crippen LogP contribution in [0.4, 0.5) is 0 Å². The highest BCUT2D eigenvalue weighted by atomic mass is 16.7. The number of benzene rings is 2. The summed E-state index contributed by atoms with van der Waals surface area (Å²) in [4.78, 5) is 49.4. The van der Waals surface area contributed by atoms with Gasteiger partial charge < -0.3 is 18.5 Å². The van der Waals surface area contributed by atoms with E-state index in [1.54, 1.807) is 60.7 Å². The molecule has 34 heavy (non-hydrogen) atoms. The Bertz CT molecular complexity index is 1390. The van der Waals surface area contributed by atoms with Crippen LogP contribution in [0.25, 0.3) is 0 Å². The number of nitrogens with zero attached hydrogens (tertiary/aromatic N) is 2. The molecule has 12 heteroatoms. The van der Waals surface area contributed by atoms with E-state index in [4.69, 9.17) is 18.5 Å². The average molecular weight is 468 g/mol. The van der Waals surface area contributed by atoms with E-state index >= 15 is 0 Å². The standard InChI is InChI=1S/C22H20N4O8/c1-2-3-18(31-16-8-4-14(5-9-16)12-25-19(27)23-21(29)33-25)32-17-10-6-15(7-11-17)13-26-20(28)24-22(30)34-26/h2-11,18H,12-13H2,1H3,(H,23,27,29)(H,24,28,30). The zero-order chi connectivity index (χ0) is 24.1. The topological polar surface area (TPSA) is 154 Å². The van der Waals surface area contributed by atoms with Crippen molar-refractivity contribution in [2.24, 2.45) is 0 Å². The van der Waals surface area contributed by atoms with Crippen LogP contribution in [-0.4, -0.2) is 25.7 Å². The number of aromatic amines is 2. The van der Waals surface area contributed by atoms with E-state index in [-0.39, 0.29) is 13.1 Å². The zero-order valence-corrected chi connectivity index (χ0v) is 17.9. The first-order valence-electron chi connectivity index (χ1n) is 10.1. The molecule has 0 amide bonds. The number of ether oxygens (including phenoxy) is 2. The molecular weight excluding hydrogens is 448 g/mol. The fourth-order valence-electron chi connectivity index (χ4n) is 3.04. The minimum absolute atomic E-state index is 0.0945. The van der Waals surface area contributed by atoms with Crippen LogP contribution in [0.2, 0.25) is 0 Å². The van der Waals surface area contributed by atoms with Crippen molar-refractivity contribution in [1.82, 2.24) is 19.4 Å². The molecule has 0 atom stereocenters. The third kappa shape index (κ3) is 5.54. The van der Waals surface area contributed by atoms with E-state index in [1.807, 2.05) is 16.9 Å². The lowest BCUT2D eigenvalue weighted by Gasteiger charge is -2.18. The van der Waals surface area contributed by atoms with Crippen LogP contribution in [0.15, 0.2) is 88.9 Å². The van der Waals surface area contributed by atoms with Gasteiger partial charge in [0.15, 0.2) is 0 Å². The van der Waals surface area contributed by atoms with Gasteiger partial charge in [-0.25, -0.2) is 29.1 Å². The summed E-state index contributed by atoms with van der Waals surface area (Å²) < 4.78 is 23.1. The molecule has 0 bridgehead atoms. The van der Waals surface area contributed by atoms with Crippen molar-refractivity contribution in [3.8, 4) is 11.5 Å². The Labute approximate surface area is 190 Å². The molecule has 0 aliphatic heterocycles. The normalized spacial score (nSPS) is 11.4. The summed E-state index contributed by atoms with van der Waals surface area (Å²) in [7, 11) is 0. The molecule has 0 fully saturated rings. The number of rotatable bonds is 9. The largest absolute Gasteiger partial charge is 0.451 e. The van der Waals surface area contributed by atoms with Crippen molar-refractivity contribution in [2.75, 3.05) is 0 Å². The average Bonchev–Trinajstić information content (AvgIpc) is 3.29. The number of hydrogen-bond acceptors (Lipinski definition) is 8. The maximum Gasteiger partial charge on any atom is 0.440 e. The highest BCUT2D eigenvalue weighted by Gasteiger charge is 2.11.